The van der Waals surface area contributed by atoms with Crippen LogP contribution in [0, 0.1) is 13.8 Å². The van der Waals surface area contributed by atoms with Crippen LogP contribution < -0.4 is 20.3 Å². The van der Waals surface area contributed by atoms with Gasteiger partial charge in [-0.2, -0.15) is 0 Å². The number of hydrogen-bond donors (Lipinski definition) is 2. The Bertz CT molecular complexity index is 955. The molecule has 1 aliphatic rings. The molecule has 0 saturated carbocycles. The summed E-state index contributed by atoms with van der Waals surface area (Å²) in [5, 5.41) is 5.79. The number of ether oxygens (including phenoxy) is 1. The van der Waals surface area contributed by atoms with Gasteiger partial charge < -0.3 is 15.4 Å². The smallest absolute Gasteiger partial charge is 0.256 e. The summed E-state index contributed by atoms with van der Waals surface area (Å²) in [6.45, 7) is 5.25. The van der Waals surface area contributed by atoms with E-state index in [1.165, 1.54) is 18.9 Å². The van der Waals surface area contributed by atoms with Crippen molar-refractivity contribution in [1.29, 1.82) is 0 Å². The summed E-state index contributed by atoms with van der Waals surface area (Å²) in [7, 11) is 1.52. The van der Waals surface area contributed by atoms with E-state index in [0.29, 0.717) is 22.8 Å². The maximum atomic E-state index is 13.0. The van der Waals surface area contributed by atoms with Gasteiger partial charge in [-0.3, -0.25) is 14.4 Å². The highest BCUT2D eigenvalue weighted by Gasteiger charge is 2.40. The molecule has 0 spiro atoms. The zero-order valence-corrected chi connectivity index (χ0v) is 16.3. The van der Waals surface area contributed by atoms with Crippen LogP contribution in [0.15, 0.2) is 36.4 Å². The first kappa shape index (κ1) is 19.4. The maximum Gasteiger partial charge on any atom is 0.256 e. The van der Waals surface area contributed by atoms with Crippen molar-refractivity contribution in [3.8, 4) is 5.75 Å². The van der Waals surface area contributed by atoms with Crippen molar-refractivity contribution in [3.63, 3.8) is 0 Å². The van der Waals surface area contributed by atoms with E-state index in [2.05, 4.69) is 10.6 Å². The van der Waals surface area contributed by atoms with Gasteiger partial charge in [0.25, 0.3) is 5.91 Å². The Morgan fingerprint density at radius 1 is 1.14 bits per heavy atom. The fourth-order valence-corrected chi connectivity index (χ4v) is 3.34. The van der Waals surface area contributed by atoms with Crippen LogP contribution in [0.2, 0.25) is 0 Å². The molecule has 2 N–H and O–H groups in total. The SMILES string of the molecule is COc1ccc(NC(C)=O)cc1N[C@@H]1CC(=O)N(c2ccc(C)cc2C)C1=O. The van der Waals surface area contributed by atoms with Gasteiger partial charge in [0.15, 0.2) is 0 Å². The number of hydrogen-bond acceptors (Lipinski definition) is 5. The van der Waals surface area contributed by atoms with Gasteiger partial charge in [-0.05, 0) is 43.7 Å². The minimum atomic E-state index is -0.713. The van der Waals surface area contributed by atoms with Crippen molar-refractivity contribution in [2.75, 3.05) is 22.6 Å². The number of carbonyl (C=O) groups excluding carboxylic acids is 3. The third kappa shape index (κ3) is 3.83. The minimum absolute atomic E-state index is 0.0413. The Morgan fingerprint density at radius 2 is 1.89 bits per heavy atom. The zero-order valence-electron chi connectivity index (χ0n) is 16.3. The Hall–Kier alpha value is -3.35. The van der Waals surface area contributed by atoms with Gasteiger partial charge in [-0.15, -0.1) is 0 Å². The second-order valence-corrected chi connectivity index (χ2v) is 6.85. The summed E-state index contributed by atoms with van der Waals surface area (Å²) in [6, 6.07) is 9.97. The van der Waals surface area contributed by atoms with Crippen LogP contribution in [0.1, 0.15) is 24.5 Å². The number of nitrogens with zero attached hydrogens (tertiary/aromatic N) is 1. The number of carbonyl (C=O) groups is 3. The number of anilines is 3. The Balaban J connectivity index is 1.87. The molecule has 28 heavy (non-hydrogen) atoms. The van der Waals surface area contributed by atoms with Crippen LogP contribution in [0.3, 0.4) is 0 Å². The molecule has 1 heterocycles. The minimum Gasteiger partial charge on any atom is -0.495 e. The maximum absolute atomic E-state index is 13.0. The standard InChI is InChI=1S/C21H23N3O4/c1-12-5-7-18(13(2)9-12)24-20(26)11-17(21(24)27)23-16-10-15(22-14(3)25)6-8-19(16)28-4/h5-10,17,23H,11H2,1-4H3,(H,22,25)/t17-/m1/s1. The summed E-state index contributed by atoms with van der Waals surface area (Å²) < 4.78 is 5.34. The molecule has 0 aromatic heterocycles. The van der Waals surface area contributed by atoms with Crippen LogP contribution in [0.25, 0.3) is 0 Å². The third-order valence-corrected chi connectivity index (χ3v) is 4.59. The lowest BCUT2D eigenvalue weighted by Crippen LogP contribution is -2.35. The molecule has 1 aliphatic heterocycles. The number of rotatable bonds is 5. The van der Waals surface area contributed by atoms with Gasteiger partial charge in [-0.1, -0.05) is 17.7 Å². The molecule has 0 unspecified atom stereocenters. The van der Waals surface area contributed by atoms with Crippen molar-refractivity contribution in [3.05, 3.63) is 47.5 Å². The van der Waals surface area contributed by atoms with E-state index in [0.717, 1.165) is 11.1 Å². The largest absolute Gasteiger partial charge is 0.495 e. The lowest BCUT2D eigenvalue weighted by Gasteiger charge is -2.19. The molecule has 0 bridgehead atoms. The fourth-order valence-electron chi connectivity index (χ4n) is 3.34. The molecular weight excluding hydrogens is 358 g/mol. The second-order valence-electron chi connectivity index (χ2n) is 6.85. The Labute approximate surface area is 163 Å². The molecule has 7 heteroatoms. The molecule has 3 amide bonds. The van der Waals surface area contributed by atoms with Crippen molar-refractivity contribution in [2.24, 2.45) is 0 Å². The van der Waals surface area contributed by atoms with Crippen molar-refractivity contribution in [1.82, 2.24) is 0 Å². The number of aryl methyl sites for hydroxylation is 2. The molecule has 146 valence electrons. The van der Waals surface area contributed by atoms with E-state index in [1.54, 1.807) is 24.3 Å². The van der Waals surface area contributed by atoms with Gasteiger partial charge in [0, 0.05) is 12.6 Å². The highest BCUT2D eigenvalue weighted by Crippen LogP contribution is 2.32. The number of imide groups is 1. The van der Waals surface area contributed by atoms with Gasteiger partial charge in [0.05, 0.1) is 24.9 Å². The van der Waals surface area contributed by atoms with Crippen molar-refractivity contribution < 1.29 is 19.1 Å². The molecule has 1 atom stereocenters. The summed E-state index contributed by atoms with van der Waals surface area (Å²) in [5.41, 5.74) is 3.63. The highest BCUT2D eigenvalue weighted by molar-refractivity contribution is 6.23. The first-order valence-corrected chi connectivity index (χ1v) is 8.96. The van der Waals surface area contributed by atoms with Crippen molar-refractivity contribution in [2.45, 2.75) is 33.2 Å². The van der Waals surface area contributed by atoms with E-state index in [9.17, 15) is 14.4 Å². The zero-order chi connectivity index (χ0) is 20.4. The second kappa shape index (κ2) is 7.72. The third-order valence-electron chi connectivity index (χ3n) is 4.59. The van der Waals surface area contributed by atoms with Crippen LogP contribution in [-0.2, 0) is 14.4 Å². The van der Waals surface area contributed by atoms with Crippen LogP contribution >= 0.6 is 0 Å². The quantitative estimate of drug-likeness (QED) is 0.778. The fraction of sp³-hybridized carbons (Fsp3) is 0.286. The molecule has 1 fully saturated rings. The Kier molecular flexibility index (Phi) is 5.35. The summed E-state index contributed by atoms with van der Waals surface area (Å²) in [5.74, 6) is -0.265. The summed E-state index contributed by atoms with van der Waals surface area (Å²) in [4.78, 5) is 38.1. The molecular formula is C21H23N3O4. The number of nitrogens with one attached hydrogen (secondary N) is 2. The van der Waals surface area contributed by atoms with E-state index in [-0.39, 0.29) is 24.1 Å². The average molecular weight is 381 g/mol. The van der Waals surface area contributed by atoms with Gasteiger partial charge in [0.1, 0.15) is 11.8 Å². The number of methoxy groups -OCH3 is 1. The molecule has 0 aliphatic carbocycles. The normalized spacial score (nSPS) is 16.3. The molecule has 2 aromatic carbocycles. The van der Waals surface area contributed by atoms with Crippen LogP contribution in [0.4, 0.5) is 17.1 Å². The van der Waals surface area contributed by atoms with Gasteiger partial charge in [-0.25, -0.2) is 4.90 Å². The predicted octanol–water partition coefficient (Wildman–Crippen LogP) is 3.01. The van der Waals surface area contributed by atoms with Crippen LogP contribution in [-0.4, -0.2) is 30.9 Å². The highest BCUT2D eigenvalue weighted by atomic mass is 16.5. The lowest BCUT2D eigenvalue weighted by molar-refractivity contribution is -0.121. The first-order chi connectivity index (χ1) is 13.3. The topological polar surface area (TPSA) is 87.7 Å². The molecule has 7 nitrogen and oxygen atoms in total. The van der Waals surface area contributed by atoms with Gasteiger partial charge >= 0.3 is 0 Å². The Morgan fingerprint density at radius 3 is 2.54 bits per heavy atom. The van der Waals surface area contributed by atoms with Crippen molar-refractivity contribution >= 4 is 34.8 Å². The number of amides is 3. The van der Waals surface area contributed by atoms with E-state index < -0.39 is 6.04 Å². The first-order valence-electron chi connectivity index (χ1n) is 8.96. The summed E-state index contributed by atoms with van der Waals surface area (Å²) in [6.07, 6.45) is 0.0413. The predicted molar refractivity (Wildman–Crippen MR) is 108 cm³/mol. The van der Waals surface area contributed by atoms with E-state index in [1.807, 2.05) is 26.0 Å². The summed E-state index contributed by atoms with van der Waals surface area (Å²) >= 11 is 0. The lowest BCUT2D eigenvalue weighted by atomic mass is 10.1. The van der Waals surface area contributed by atoms with Crippen LogP contribution in [0.5, 0.6) is 5.75 Å². The van der Waals surface area contributed by atoms with Gasteiger partial charge in [0.2, 0.25) is 11.8 Å². The average Bonchev–Trinajstić information content (AvgIpc) is 2.89. The molecule has 3 rings (SSSR count). The van der Waals surface area contributed by atoms with E-state index in [4.69, 9.17) is 4.74 Å². The van der Waals surface area contributed by atoms with E-state index >= 15 is 0 Å². The molecule has 2 aromatic rings. The monoisotopic (exact) mass is 381 g/mol. The molecule has 0 radical (unpaired) electrons. The molecule has 1 saturated heterocycles. The number of benzene rings is 2.